The molecule has 2 aliphatic heterocycles. The van der Waals surface area contributed by atoms with Gasteiger partial charge in [0, 0.05) is 20.0 Å². The molecule has 0 aliphatic carbocycles. The second-order valence-electron chi connectivity index (χ2n) is 12.4. The predicted octanol–water partition coefficient (Wildman–Crippen LogP) is 3.95. The number of rotatable bonds is 3. The Hall–Kier alpha value is -3.61. The summed E-state index contributed by atoms with van der Waals surface area (Å²) in [6.45, 7) is 18.5. The molecule has 2 aromatic rings. The SMILES string of the molecule is CC(=O)OCc1ncc2n1[C@@H](C)CN(C(=O)OC(C)(C)C)C2.C[C@H]1CN(C(=O)OC(C)(C)C)Cc2cnc(CO)n21. The van der Waals surface area contributed by atoms with Gasteiger partial charge in [0.25, 0.3) is 0 Å². The summed E-state index contributed by atoms with van der Waals surface area (Å²) in [5, 5.41) is 9.24. The summed E-state index contributed by atoms with van der Waals surface area (Å²) in [5.41, 5.74) is 0.827. The van der Waals surface area contributed by atoms with E-state index in [2.05, 4.69) is 9.97 Å². The van der Waals surface area contributed by atoms with Gasteiger partial charge in [-0.2, -0.15) is 0 Å². The van der Waals surface area contributed by atoms with Gasteiger partial charge in [-0.15, -0.1) is 0 Å². The van der Waals surface area contributed by atoms with Crippen molar-refractivity contribution in [1.29, 1.82) is 0 Å². The smallest absolute Gasteiger partial charge is 0.410 e. The Morgan fingerprint density at radius 1 is 0.829 bits per heavy atom. The molecule has 0 bridgehead atoms. The third-order valence-corrected chi connectivity index (χ3v) is 6.31. The first-order valence-electron chi connectivity index (χ1n) is 13.8. The van der Waals surface area contributed by atoms with Crippen molar-refractivity contribution in [2.75, 3.05) is 13.1 Å². The minimum atomic E-state index is -0.515. The van der Waals surface area contributed by atoms with Crippen LogP contribution < -0.4 is 0 Å². The van der Waals surface area contributed by atoms with Gasteiger partial charge in [0.1, 0.15) is 36.1 Å². The maximum absolute atomic E-state index is 12.2. The molecule has 2 aromatic heterocycles. The van der Waals surface area contributed by atoms with Crippen molar-refractivity contribution in [2.24, 2.45) is 0 Å². The van der Waals surface area contributed by atoms with E-state index in [9.17, 15) is 19.5 Å². The first-order valence-corrected chi connectivity index (χ1v) is 13.8. The zero-order valence-electron chi connectivity index (χ0n) is 25.6. The van der Waals surface area contributed by atoms with E-state index < -0.39 is 11.2 Å². The number of aliphatic hydroxyl groups is 1. The Balaban J connectivity index is 0.000000228. The highest BCUT2D eigenvalue weighted by molar-refractivity contribution is 5.69. The van der Waals surface area contributed by atoms with Crippen LogP contribution in [0.2, 0.25) is 0 Å². The summed E-state index contributed by atoms with van der Waals surface area (Å²) < 4.78 is 19.8. The summed E-state index contributed by atoms with van der Waals surface area (Å²) in [7, 11) is 0. The van der Waals surface area contributed by atoms with Gasteiger partial charge in [-0.1, -0.05) is 0 Å². The summed E-state index contributed by atoms with van der Waals surface area (Å²) in [6, 6.07) is 0.130. The van der Waals surface area contributed by atoms with Crippen LogP contribution in [-0.2, 0) is 45.3 Å². The minimum absolute atomic E-state index is 0.0457. The Kier molecular flexibility index (Phi) is 9.73. The lowest BCUT2D eigenvalue weighted by atomic mass is 10.2. The number of esters is 1. The molecule has 0 saturated heterocycles. The van der Waals surface area contributed by atoms with Gasteiger partial charge in [0.05, 0.1) is 49.0 Å². The minimum Gasteiger partial charge on any atom is -0.458 e. The molecule has 0 radical (unpaired) electrons. The first-order chi connectivity index (χ1) is 19.0. The molecule has 41 heavy (non-hydrogen) atoms. The van der Waals surface area contributed by atoms with Crippen LogP contribution in [-0.4, -0.2) is 76.5 Å². The van der Waals surface area contributed by atoms with E-state index in [1.54, 1.807) is 22.2 Å². The van der Waals surface area contributed by atoms with Gasteiger partial charge in [-0.3, -0.25) is 4.79 Å². The Morgan fingerprint density at radius 3 is 1.63 bits per heavy atom. The summed E-state index contributed by atoms with van der Waals surface area (Å²) >= 11 is 0. The number of hydrogen-bond acceptors (Lipinski definition) is 9. The standard InChI is InChI=1S/C15H23N3O4.C13H21N3O3/c1-10-7-17(14(20)22-15(3,4)5)8-12-6-16-13(18(10)12)9-21-11(2)19;1-9-6-15(12(18)19-13(2,3)4)7-10-5-14-11(8-17)16(9)10/h6,10H,7-9H2,1-5H3;5,9,17H,6-8H2,1-4H3/t10-;9-/m00/s1. The fourth-order valence-corrected chi connectivity index (χ4v) is 4.83. The molecule has 0 unspecified atom stereocenters. The number of fused-ring (bicyclic) bond motifs is 2. The average molecular weight is 577 g/mol. The van der Waals surface area contributed by atoms with Crippen molar-refractivity contribution in [2.45, 2.75) is 112 Å². The van der Waals surface area contributed by atoms with Crippen LogP contribution >= 0.6 is 0 Å². The van der Waals surface area contributed by atoms with Crippen molar-refractivity contribution in [3.63, 3.8) is 0 Å². The molecule has 4 heterocycles. The maximum Gasteiger partial charge on any atom is 0.410 e. The lowest BCUT2D eigenvalue weighted by Gasteiger charge is -2.34. The van der Waals surface area contributed by atoms with Crippen LogP contribution in [0.1, 0.15) is 97.4 Å². The molecule has 2 atom stereocenters. The van der Waals surface area contributed by atoms with Crippen molar-refractivity contribution in [1.82, 2.24) is 28.9 Å². The quantitative estimate of drug-likeness (QED) is 0.425. The van der Waals surface area contributed by atoms with Crippen LogP contribution in [0, 0.1) is 0 Å². The maximum atomic E-state index is 12.2. The molecule has 13 heteroatoms. The highest BCUT2D eigenvalue weighted by Gasteiger charge is 2.32. The first kappa shape index (κ1) is 31.9. The molecule has 0 saturated carbocycles. The highest BCUT2D eigenvalue weighted by Crippen LogP contribution is 2.26. The van der Waals surface area contributed by atoms with Crippen LogP contribution in [0.25, 0.3) is 0 Å². The fraction of sp³-hybridized carbons (Fsp3) is 0.679. The van der Waals surface area contributed by atoms with E-state index in [1.165, 1.54) is 6.92 Å². The molecule has 0 fully saturated rings. The van der Waals surface area contributed by atoms with E-state index in [4.69, 9.17) is 14.2 Å². The van der Waals surface area contributed by atoms with E-state index >= 15 is 0 Å². The van der Waals surface area contributed by atoms with E-state index in [-0.39, 0.29) is 43.5 Å². The molecule has 1 N–H and O–H groups in total. The number of hydrogen-bond donors (Lipinski definition) is 1. The molecule has 0 aromatic carbocycles. The number of amides is 2. The van der Waals surface area contributed by atoms with Gasteiger partial charge in [-0.25, -0.2) is 19.6 Å². The summed E-state index contributed by atoms with van der Waals surface area (Å²) in [5.74, 6) is 1.00. The van der Waals surface area contributed by atoms with Crippen molar-refractivity contribution in [3.8, 4) is 0 Å². The molecule has 4 rings (SSSR count). The van der Waals surface area contributed by atoms with E-state index in [0.717, 1.165) is 11.4 Å². The van der Waals surface area contributed by atoms with Crippen LogP contribution in [0.15, 0.2) is 12.4 Å². The van der Waals surface area contributed by atoms with Gasteiger partial charge in [-0.05, 0) is 55.4 Å². The zero-order chi connectivity index (χ0) is 30.7. The van der Waals surface area contributed by atoms with Gasteiger partial charge in [0.15, 0.2) is 0 Å². The third-order valence-electron chi connectivity index (χ3n) is 6.31. The number of ether oxygens (including phenoxy) is 3. The number of aromatic nitrogens is 4. The summed E-state index contributed by atoms with van der Waals surface area (Å²) in [6.07, 6.45) is 2.79. The number of imidazole rings is 2. The van der Waals surface area contributed by atoms with Crippen molar-refractivity contribution < 1.29 is 33.7 Å². The zero-order valence-corrected chi connectivity index (χ0v) is 25.6. The predicted molar refractivity (Wildman–Crippen MR) is 149 cm³/mol. The lowest BCUT2D eigenvalue weighted by molar-refractivity contribution is -0.142. The monoisotopic (exact) mass is 576 g/mol. The van der Waals surface area contributed by atoms with Gasteiger partial charge < -0.3 is 38.3 Å². The molecule has 13 nitrogen and oxygen atoms in total. The molecular weight excluding hydrogens is 532 g/mol. The largest absolute Gasteiger partial charge is 0.458 e. The molecule has 2 amide bonds. The fourth-order valence-electron chi connectivity index (χ4n) is 4.83. The van der Waals surface area contributed by atoms with Crippen LogP contribution in [0.3, 0.4) is 0 Å². The van der Waals surface area contributed by atoms with E-state index in [0.29, 0.717) is 37.8 Å². The molecular formula is C28H44N6O7. The van der Waals surface area contributed by atoms with Crippen molar-refractivity contribution in [3.05, 3.63) is 35.4 Å². The molecule has 2 aliphatic rings. The van der Waals surface area contributed by atoms with Crippen LogP contribution in [0.4, 0.5) is 9.59 Å². The Labute approximate surface area is 241 Å². The number of aliphatic hydroxyl groups excluding tert-OH is 1. The number of carbonyl (C=O) groups is 3. The second kappa shape index (κ2) is 12.5. The second-order valence-corrected chi connectivity index (χ2v) is 12.4. The Bertz CT molecular complexity index is 1240. The normalized spacial score (nSPS) is 18.5. The van der Waals surface area contributed by atoms with Crippen molar-refractivity contribution >= 4 is 18.2 Å². The van der Waals surface area contributed by atoms with Crippen LogP contribution in [0.5, 0.6) is 0 Å². The molecule has 228 valence electrons. The number of carbonyl (C=O) groups excluding carboxylic acids is 3. The molecule has 0 spiro atoms. The van der Waals surface area contributed by atoms with Gasteiger partial charge >= 0.3 is 18.2 Å². The average Bonchev–Trinajstić information content (AvgIpc) is 3.45. The number of nitrogens with zero attached hydrogens (tertiary/aromatic N) is 6. The topological polar surface area (TPSA) is 141 Å². The summed E-state index contributed by atoms with van der Waals surface area (Å²) in [4.78, 5) is 47.0. The highest BCUT2D eigenvalue weighted by atomic mass is 16.6. The van der Waals surface area contributed by atoms with E-state index in [1.807, 2.05) is 64.5 Å². The third kappa shape index (κ3) is 8.44. The van der Waals surface area contributed by atoms with Gasteiger partial charge in [0.2, 0.25) is 0 Å². The Morgan fingerprint density at radius 2 is 1.24 bits per heavy atom. The lowest BCUT2D eigenvalue weighted by Crippen LogP contribution is -2.43.